The van der Waals surface area contributed by atoms with Gasteiger partial charge in [-0.25, -0.2) is 8.42 Å². The molecular weight excluding hydrogens is 360 g/mol. The molecule has 0 fully saturated rings. The number of thiophene rings is 1. The van der Waals surface area contributed by atoms with Gasteiger partial charge in [0.15, 0.2) is 0 Å². The van der Waals surface area contributed by atoms with E-state index in [-0.39, 0.29) is 4.90 Å². The highest BCUT2D eigenvalue weighted by Gasteiger charge is 2.23. The van der Waals surface area contributed by atoms with Gasteiger partial charge in [-0.15, -0.1) is 23.1 Å². The van der Waals surface area contributed by atoms with Crippen molar-refractivity contribution in [3.8, 4) is 11.1 Å². The summed E-state index contributed by atoms with van der Waals surface area (Å²) < 4.78 is 26.7. The first-order valence-electron chi connectivity index (χ1n) is 7.12. The molecule has 0 bridgehead atoms. The Balaban J connectivity index is 2.15. The second-order valence-corrected chi connectivity index (χ2v) is 9.14. The molecular formula is C17H16N2O2S3. The highest BCUT2D eigenvalue weighted by Crippen LogP contribution is 2.36. The van der Waals surface area contributed by atoms with Crippen LogP contribution in [0.2, 0.25) is 0 Å². The Morgan fingerprint density at radius 1 is 1.21 bits per heavy atom. The van der Waals surface area contributed by atoms with Crippen LogP contribution in [-0.2, 0) is 9.84 Å². The number of aryl methyl sites for hydroxylation is 1. The molecule has 0 atom stereocenters. The number of thioether (sulfide) groups is 1. The van der Waals surface area contributed by atoms with E-state index in [9.17, 15) is 8.42 Å². The molecule has 0 aliphatic heterocycles. The highest BCUT2D eigenvalue weighted by atomic mass is 32.2. The molecule has 7 heteroatoms. The largest absolute Gasteiger partial charge is 0.397 e. The molecule has 2 aromatic heterocycles. The predicted molar refractivity (Wildman–Crippen MR) is 100 cm³/mol. The molecule has 3 rings (SSSR count). The molecule has 2 heterocycles. The molecule has 3 aromatic rings. The fourth-order valence-corrected chi connectivity index (χ4v) is 6.29. The minimum Gasteiger partial charge on any atom is -0.397 e. The van der Waals surface area contributed by atoms with E-state index < -0.39 is 9.84 Å². The van der Waals surface area contributed by atoms with E-state index in [0.29, 0.717) is 10.6 Å². The Kier molecular flexibility index (Phi) is 4.67. The molecule has 4 nitrogen and oxygen atoms in total. The molecule has 0 unspecified atom stereocenters. The van der Waals surface area contributed by atoms with Crippen LogP contribution in [0, 0.1) is 6.92 Å². The normalized spacial score (nSPS) is 11.6. The number of rotatable bonds is 4. The smallest absolute Gasteiger partial charge is 0.208 e. The van der Waals surface area contributed by atoms with Gasteiger partial charge in [0.1, 0.15) is 0 Å². The third-order valence-corrected chi connectivity index (χ3v) is 7.81. The highest BCUT2D eigenvalue weighted by molar-refractivity contribution is 8.01. The van der Waals surface area contributed by atoms with E-state index in [1.165, 1.54) is 23.1 Å². The topological polar surface area (TPSA) is 73.0 Å². The first-order chi connectivity index (χ1) is 11.4. The maximum atomic E-state index is 13.0. The average Bonchev–Trinajstić information content (AvgIpc) is 3.04. The molecule has 0 amide bonds. The summed E-state index contributed by atoms with van der Waals surface area (Å²) in [5, 5.41) is 1.80. The van der Waals surface area contributed by atoms with Crippen molar-refractivity contribution in [3.63, 3.8) is 0 Å². The van der Waals surface area contributed by atoms with Crippen molar-refractivity contribution in [2.75, 3.05) is 12.0 Å². The van der Waals surface area contributed by atoms with Gasteiger partial charge in [-0.05, 0) is 47.9 Å². The summed E-state index contributed by atoms with van der Waals surface area (Å²) >= 11 is 2.87. The standard InChI is InChI=1S/C17H16N2O2S3/c1-11-9-19-10-14(18)16(11)12-4-3-5-13(8-12)24(20,21)15-6-7-23-17(15)22-2/h3-10H,18H2,1-2H3. The summed E-state index contributed by atoms with van der Waals surface area (Å²) in [5.41, 5.74) is 9.07. The van der Waals surface area contributed by atoms with Crippen LogP contribution in [0.15, 0.2) is 62.1 Å². The first kappa shape index (κ1) is 17.0. The van der Waals surface area contributed by atoms with E-state index in [0.717, 1.165) is 20.9 Å². The third-order valence-electron chi connectivity index (χ3n) is 3.67. The summed E-state index contributed by atoms with van der Waals surface area (Å²) in [6.07, 6.45) is 5.17. The van der Waals surface area contributed by atoms with Crippen LogP contribution in [0.3, 0.4) is 0 Å². The van der Waals surface area contributed by atoms with Gasteiger partial charge >= 0.3 is 0 Å². The number of nitrogen functional groups attached to an aromatic ring is 1. The lowest BCUT2D eigenvalue weighted by molar-refractivity contribution is 0.595. The Hall–Kier alpha value is -1.83. The maximum absolute atomic E-state index is 13.0. The van der Waals surface area contributed by atoms with Crippen LogP contribution in [0.1, 0.15) is 5.56 Å². The quantitative estimate of drug-likeness (QED) is 0.689. The van der Waals surface area contributed by atoms with Gasteiger partial charge < -0.3 is 5.73 Å². The van der Waals surface area contributed by atoms with Crippen LogP contribution in [0.4, 0.5) is 5.69 Å². The molecule has 0 radical (unpaired) electrons. The van der Waals surface area contributed by atoms with Crippen LogP contribution < -0.4 is 5.73 Å². The van der Waals surface area contributed by atoms with Crippen molar-refractivity contribution >= 4 is 38.6 Å². The fraction of sp³-hybridized carbons (Fsp3) is 0.118. The SMILES string of the molecule is CSc1sccc1S(=O)(=O)c1cccc(-c2c(C)cncc2N)c1. The summed E-state index contributed by atoms with van der Waals surface area (Å²) in [6, 6.07) is 8.56. The summed E-state index contributed by atoms with van der Waals surface area (Å²) in [6.45, 7) is 1.91. The van der Waals surface area contributed by atoms with E-state index in [1.54, 1.807) is 42.0 Å². The first-order valence-corrected chi connectivity index (χ1v) is 10.7. The predicted octanol–water partition coefficient (Wildman–Crippen LogP) is 4.26. The number of pyridine rings is 1. The van der Waals surface area contributed by atoms with Crippen molar-refractivity contribution in [3.05, 3.63) is 53.7 Å². The van der Waals surface area contributed by atoms with E-state index in [2.05, 4.69) is 4.98 Å². The van der Waals surface area contributed by atoms with Crippen molar-refractivity contribution in [2.45, 2.75) is 20.9 Å². The van der Waals surface area contributed by atoms with Crippen molar-refractivity contribution in [2.24, 2.45) is 0 Å². The van der Waals surface area contributed by atoms with Crippen LogP contribution in [0.25, 0.3) is 11.1 Å². The second kappa shape index (κ2) is 6.58. The molecule has 24 heavy (non-hydrogen) atoms. The minimum absolute atomic E-state index is 0.268. The number of aromatic nitrogens is 1. The lowest BCUT2D eigenvalue weighted by Crippen LogP contribution is -2.02. The van der Waals surface area contributed by atoms with E-state index in [4.69, 9.17) is 5.73 Å². The second-order valence-electron chi connectivity index (χ2n) is 5.23. The molecule has 0 aliphatic carbocycles. The summed E-state index contributed by atoms with van der Waals surface area (Å²) in [4.78, 5) is 4.69. The number of benzene rings is 1. The molecule has 0 aliphatic rings. The van der Waals surface area contributed by atoms with Gasteiger partial charge in [-0.3, -0.25) is 4.98 Å². The van der Waals surface area contributed by atoms with Crippen molar-refractivity contribution in [1.29, 1.82) is 0 Å². The van der Waals surface area contributed by atoms with E-state index in [1.807, 2.05) is 19.2 Å². The van der Waals surface area contributed by atoms with Gasteiger partial charge in [-0.2, -0.15) is 0 Å². The van der Waals surface area contributed by atoms with Crippen molar-refractivity contribution < 1.29 is 8.42 Å². The Bertz CT molecular complexity index is 974. The zero-order valence-corrected chi connectivity index (χ0v) is 15.6. The van der Waals surface area contributed by atoms with Gasteiger partial charge in [0.2, 0.25) is 9.84 Å². The summed E-state index contributed by atoms with van der Waals surface area (Å²) in [7, 11) is -3.56. The van der Waals surface area contributed by atoms with E-state index >= 15 is 0 Å². The lowest BCUT2D eigenvalue weighted by atomic mass is 10.0. The number of nitrogens with two attached hydrogens (primary N) is 1. The number of sulfone groups is 1. The Morgan fingerprint density at radius 2 is 2.00 bits per heavy atom. The monoisotopic (exact) mass is 376 g/mol. The zero-order valence-electron chi connectivity index (χ0n) is 13.2. The van der Waals surface area contributed by atoms with Gasteiger partial charge in [-0.1, -0.05) is 12.1 Å². The molecule has 0 saturated heterocycles. The van der Waals surface area contributed by atoms with Crippen molar-refractivity contribution in [1.82, 2.24) is 4.98 Å². The lowest BCUT2D eigenvalue weighted by Gasteiger charge is -2.11. The van der Waals surface area contributed by atoms with Crippen LogP contribution in [0.5, 0.6) is 0 Å². The fourth-order valence-electron chi connectivity index (χ4n) is 2.56. The summed E-state index contributed by atoms with van der Waals surface area (Å²) in [5.74, 6) is 0. The molecule has 0 spiro atoms. The van der Waals surface area contributed by atoms with Crippen LogP contribution in [-0.4, -0.2) is 19.7 Å². The number of hydrogen-bond donors (Lipinski definition) is 1. The molecule has 2 N–H and O–H groups in total. The van der Waals surface area contributed by atoms with Gasteiger partial charge in [0.25, 0.3) is 0 Å². The van der Waals surface area contributed by atoms with Gasteiger partial charge in [0, 0.05) is 11.8 Å². The third kappa shape index (κ3) is 2.94. The molecule has 0 saturated carbocycles. The number of anilines is 1. The number of nitrogens with zero attached hydrogens (tertiary/aromatic N) is 1. The number of hydrogen-bond acceptors (Lipinski definition) is 6. The zero-order chi connectivity index (χ0) is 17.3. The average molecular weight is 377 g/mol. The Labute approximate surface area is 149 Å². The molecule has 124 valence electrons. The maximum Gasteiger partial charge on any atom is 0.208 e. The van der Waals surface area contributed by atoms with Crippen LogP contribution >= 0.6 is 23.1 Å². The molecule has 1 aromatic carbocycles. The van der Waals surface area contributed by atoms with Gasteiger partial charge in [0.05, 0.1) is 25.9 Å². The Morgan fingerprint density at radius 3 is 2.71 bits per heavy atom. The minimum atomic E-state index is -3.56.